The number of hydrogen-bond acceptors (Lipinski definition) is 3. The van der Waals surface area contributed by atoms with Gasteiger partial charge in [-0.15, -0.1) is 0 Å². The number of nitrogens with zero attached hydrogens (tertiary/aromatic N) is 1. The van der Waals surface area contributed by atoms with Gasteiger partial charge < -0.3 is 4.55 Å². The second-order valence-corrected chi connectivity index (χ2v) is 2.68. The first-order valence-electron chi connectivity index (χ1n) is 3.00. The molecule has 0 saturated carbocycles. The molecular weight excluding hydrogens is 164 g/mol. The zero-order valence-corrected chi connectivity index (χ0v) is 6.50. The summed E-state index contributed by atoms with van der Waals surface area (Å²) < 4.78 is 22.3. The Morgan fingerprint density at radius 2 is 2.55 bits per heavy atom. The van der Waals surface area contributed by atoms with Crippen LogP contribution in [0, 0.1) is 0 Å². The van der Waals surface area contributed by atoms with Crippen LogP contribution in [0.25, 0.3) is 0 Å². The normalized spacial score (nSPS) is 12.8. The van der Waals surface area contributed by atoms with Gasteiger partial charge in [0, 0.05) is 30.2 Å². The molecule has 1 unspecified atom stereocenters. The average Bonchev–Trinajstić information content (AvgIpc) is 2.03. The summed E-state index contributed by atoms with van der Waals surface area (Å²) in [7, 11) is 0. The summed E-state index contributed by atoms with van der Waals surface area (Å²) >= 11 is -2.19. The van der Waals surface area contributed by atoms with Crippen LogP contribution in [0.15, 0.2) is 24.5 Å². The molecule has 11 heavy (non-hydrogen) atoms. The Morgan fingerprint density at radius 1 is 1.73 bits per heavy atom. The molecule has 0 radical (unpaired) electrons. The molecule has 0 bridgehead atoms. The third-order valence-electron chi connectivity index (χ3n) is 1.12. The maximum Gasteiger partial charge on any atom is 0.0337 e. The number of nitrogens with one attached hydrogen (secondary N) is 1. The van der Waals surface area contributed by atoms with Crippen molar-refractivity contribution in [2.75, 3.05) is 0 Å². The lowest BCUT2D eigenvalue weighted by Gasteiger charge is -2.05. The molecule has 1 N–H and O–H groups in total. The van der Waals surface area contributed by atoms with E-state index >= 15 is 0 Å². The largest absolute Gasteiger partial charge is 0.760 e. The fraction of sp³-hybridized carbons (Fsp3) is 0.167. The summed E-state index contributed by atoms with van der Waals surface area (Å²) in [5, 5.41) is 0. The molecule has 0 saturated heterocycles. The molecule has 0 spiro atoms. The average molecular weight is 171 g/mol. The molecular formula is C6H7N2O2S-. The van der Waals surface area contributed by atoms with E-state index < -0.39 is 11.3 Å². The molecule has 0 aliphatic heterocycles. The first kappa shape index (κ1) is 8.32. The molecule has 0 aliphatic rings. The van der Waals surface area contributed by atoms with Gasteiger partial charge in [0.1, 0.15) is 0 Å². The van der Waals surface area contributed by atoms with Crippen LogP contribution in [0.3, 0.4) is 0 Å². The summed E-state index contributed by atoms with van der Waals surface area (Å²) in [6.45, 7) is 0.296. The van der Waals surface area contributed by atoms with Crippen molar-refractivity contribution in [1.29, 1.82) is 0 Å². The SMILES string of the molecule is O=S([O-])NCc1cccnc1. The van der Waals surface area contributed by atoms with E-state index in [1.807, 2.05) is 0 Å². The van der Waals surface area contributed by atoms with Gasteiger partial charge in [0.2, 0.25) is 0 Å². The van der Waals surface area contributed by atoms with E-state index in [1.54, 1.807) is 24.5 Å². The van der Waals surface area contributed by atoms with Crippen molar-refractivity contribution >= 4 is 11.3 Å². The minimum absolute atomic E-state index is 0.296. The van der Waals surface area contributed by atoms with E-state index in [1.165, 1.54) is 0 Å². The van der Waals surface area contributed by atoms with Crippen LogP contribution < -0.4 is 4.72 Å². The highest BCUT2D eigenvalue weighted by molar-refractivity contribution is 7.77. The maximum atomic E-state index is 10.0. The molecule has 1 rings (SSSR count). The highest BCUT2D eigenvalue weighted by Crippen LogP contribution is 1.93. The van der Waals surface area contributed by atoms with E-state index in [0.717, 1.165) is 5.56 Å². The van der Waals surface area contributed by atoms with Gasteiger partial charge in [0.25, 0.3) is 0 Å². The Balaban J connectivity index is 2.45. The number of aromatic nitrogens is 1. The Labute approximate surface area is 67.1 Å². The van der Waals surface area contributed by atoms with Gasteiger partial charge in [0.05, 0.1) is 0 Å². The van der Waals surface area contributed by atoms with Crippen LogP contribution >= 0.6 is 0 Å². The van der Waals surface area contributed by atoms with E-state index in [-0.39, 0.29) is 0 Å². The molecule has 60 valence electrons. The van der Waals surface area contributed by atoms with Gasteiger partial charge in [0.15, 0.2) is 0 Å². The molecule has 0 aromatic carbocycles. The van der Waals surface area contributed by atoms with E-state index in [4.69, 9.17) is 0 Å². The van der Waals surface area contributed by atoms with Crippen molar-refractivity contribution in [3.63, 3.8) is 0 Å². The first-order chi connectivity index (χ1) is 5.29. The third kappa shape index (κ3) is 3.22. The lowest BCUT2D eigenvalue weighted by Crippen LogP contribution is -2.15. The van der Waals surface area contributed by atoms with E-state index in [9.17, 15) is 8.76 Å². The van der Waals surface area contributed by atoms with Crippen molar-refractivity contribution in [2.45, 2.75) is 6.54 Å². The van der Waals surface area contributed by atoms with E-state index in [2.05, 4.69) is 9.71 Å². The van der Waals surface area contributed by atoms with Crippen molar-refractivity contribution in [3.8, 4) is 0 Å². The van der Waals surface area contributed by atoms with Gasteiger partial charge in [-0.1, -0.05) is 6.07 Å². The van der Waals surface area contributed by atoms with Crippen molar-refractivity contribution in [1.82, 2.24) is 9.71 Å². The predicted molar refractivity (Wildman–Crippen MR) is 40.0 cm³/mol. The summed E-state index contributed by atoms with van der Waals surface area (Å²) in [6.07, 6.45) is 3.25. The van der Waals surface area contributed by atoms with Gasteiger partial charge in [-0.3, -0.25) is 9.19 Å². The molecule has 0 amide bonds. The number of pyridine rings is 1. The monoisotopic (exact) mass is 171 g/mol. The zero-order valence-electron chi connectivity index (χ0n) is 5.69. The molecule has 4 nitrogen and oxygen atoms in total. The minimum atomic E-state index is -2.19. The maximum absolute atomic E-state index is 10.0. The van der Waals surface area contributed by atoms with Gasteiger partial charge in [-0.25, -0.2) is 4.72 Å². The van der Waals surface area contributed by atoms with Gasteiger partial charge >= 0.3 is 0 Å². The topological polar surface area (TPSA) is 65.0 Å². The highest BCUT2D eigenvalue weighted by Gasteiger charge is 1.88. The standard InChI is InChI=1S/C6H8N2O2S/c9-11(10)8-5-6-2-1-3-7-4-6/h1-4,8H,5H2,(H,9,10)/p-1. The summed E-state index contributed by atoms with van der Waals surface area (Å²) in [5.41, 5.74) is 0.844. The van der Waals surface area contributed by atoms with Crippen molar-refractivity contribution < 1.29 is 8.76 Å². The Morgan fingerprint density at radius 3 is 3.09 bits per heavy atom. The number of hydrogen-bond donors (Lipinski definition) is 1. The Hall–Kier alpha value is -0.780. The lowest BCUT2D eigenvalue weighted by atomic mass is 10.3. The fourth-order valence-electron chi connectivity index (χ4n) is 0.645. The quantitative estimate of drug-likeness (QED) is 0.649. The van der Waals surface area contributed by atoms with Crippen LogP contribution in [0.4, 0.5) is 0 Å². The van der Waals surface area contributed by atoms with E-state index in [0.29, 0.717) is 6.54 Å². The third-order valence-corrected chi connectivity index (χ3v) is 1.50. The molecule has 1 atom stereocenters. The molecule has 1 aromatic heterocycles. The number of rotatable bonds is 3. The lowest BCUT2D eigenvalue weighted by molar-refractivity contribution is 0.522. The molecule has 0 aliphatic carbocycles. The second kappa shape index (κ2) is 4.17. The summed E-state index contributed by atoms with van der Waals surface area (Å²) in [4.78, 5) is 3.82. The summed E-state index contributed by atoms with van der Waals surface area (Å²) in [6, 6.07) is 3.55. The second-order valence-electron chi connectivity index (χ2n) is 1.92. The Bertz CT molecular complexity index is 240. The Kier molecular flexibility index (Phi) is 3.15. The molecule has 1 heterocycles. The van der Waals surface area contributed by atoms with Crippen molar-refractivity contribution in [3.05, 3.63) is 30.1 Å². The van der Waals surface area contributed by atoms with Crippen LogP contribution in [0.1, 0.15) is 5.56 Å². The first-order valence-corrected chi connectivity index (χ1v) is 4.08. The fourth-order valence-corrected chi connectivity index (χ4v) is 0.929. The summed E-state index contributed by atoms with van der Waals surface area (Å²) in [5.74, 6) is 0. The van der Waals surface area contributed by atoms with Crippen LogP contribution in [-0.4, -0.2) is 13.7 Å². The molecule has 0 fully saturated rings. The van der Waals surface area contributed by atoms with Crippen LogP contribution in [0.2, 0.25) is 0 Å². The molecule has 5 heteroatoms. The van der Waals surface area contributed by atoms with Crippen LogP contribution in [0.5, 0.6) is 0 Å². The highest BCUT2D eigenvalue weighted by atomic mass is 32.2. The van der Waals surface area contributed by atoms with Crippen LogP contribution in [-0.2, 0) is 17.8 Å². The predicted octanol–water partition coefficient (Wildman–Crippen LogP) is -0.0347. The molecule has 1 aromatic rings. The smallest absolute Gasteiger partial charge is 0.0337 e. The van der Waals surface area contributed by atoms with Gasteiger partial charge in [-0.2, -0.15) is 0 Å². The van der Waals surface area contributed by atoms with Crippen molar-refractivity contribution in [2.24, 2.45) is 0 Å². The van der Waals surface area contributed by atoms with Gasteiger partial charge in [-0.05, 0) is 11.6 Å². The zero-order chi connectivity index (χ0) is 8.10. The minimum Gasteiger partial charge on any atom is -0.760 e.